The highest BCUT2D eigenvalue weighted by Crippen LogP contribution is 2.59. The zero-order chi connectivity index (χ0) is 32.5. The van der Waals surface area contributed by atoms with Gasteiger partial charge in [-0.25, -0.2) is 0 Å². The number of hydrogen-bond acceptors (Lipinski definition) is 7. The lowest BCUT2D eigenvalue weighted by molar-refractivity contribution is -0.149. The highest BCUT2D eigenvalue weighted by atomic mass is 28.4. The monoisotopic (exact) mass is 631 g/mol. The first-order valence-corrected chi connectivity index (χ1v) is 18.1. The van der Waals surface area contributed by atoms with E-state index in [0.29, 0.717) is 34.8 Å². The van der Waals surface area contributed by atoms with Gasteiger partial charge in [0.25, 0.3) is 11.8 Å². The van der Waals surface area contributed by atoms with Crippen molar-refractivity contribution in [3.8, 4) is 5.75 Å². The molecule has 1 saturated heterocycles. The molecular formula is C34H41N3O7Si. The fraction of sp³-hybridized carbons (Fsp3) is 0.382. The van der Waals surface area contributed by atoms with Gasteiger partial charge in [0, 0.05) is 48.4 Å². The molecule has 11 heteroatoms. The molecule has 238 valence electrons. The van der Waals surface area contributed by atoms with Crippen molar-refractivity contribution in [1.82, 2.24) is 4.90 Å². The number of nitrogens with zero attached hydrogens (tertiary/aromatic N) is 2. The van der Waals surface area contributed by atoms with Gasteiger partial charge in [-0.1, -0.05) is 37.3 Å². The zero-order valence-electron chi connectivity index (χ0n) is 26.3. The number of rotatable bonds is 10. The van der Waals surface area contributed by atoms with Gasteiger partial charge in [-0.3, -0.25) is 14.4 Å². The number of anilines is 2. The predicted octanol–water partition coefficient (Wildman–Crippen LogP) is 4.13. The Morgan fingerprint density at radius 1 is 1.09 bits per heavy atom. The third-order valence-electron chi connectivity index (χ3n) is 9.04. The maximum Gasteiger partial charge on any atom is 0.264 e. The van der Waals surface area contributed by atoms with E-state index in [0.717, 1.165) is 5.56 Å². The first-order valence-electron chi connectivity index (χ1n) is 15.1. The van der Waals surface area contributed by atoms with Crippen molar-refractivity contribution < 1.29 is 33.8 Å². The van der Waals surface area contributed by atoms with Crippen LogP contribution >= 0.6 is 0 Å². The molecular weight excluding hydrogens is 590 g/mol. The summed E-state index contributed by atoms with van der Waals surface area (Å²) < 4.78 is 11.9. The topological polar surface area (TPSA) is 129 Å². The molecule has 0 saturated carbocycles. The molecule has 1 spiro atoms. The fourth-order valence-electron chi connectivity index (χ4n) is 6.92. The molecule has 3 amide bonds. The molecule has 3 aromatic carbocycles. The average molecular weight is 632 g/mol. The normalized spacial score (nSPS) is 22.4. The van der Waals surface area contributed by atoms with Crippen molar-refractivity contribution in [3.63, 3.8) is 0 Å². The summed E-state index contributed by atoms with van der Waals surface area (Å²) in [7, 11) is 0.238. The van der Waals surface area contributed by atoms with Crippen molar-refractivity contribution in [2.45, 2.75) is 50.2 Å². The number of carbonyl (C=O) groups excluding carboxylic acids is 3. The summed E-state index contributed by atoms with van der Waals surface area (Å²) in [5.41, 5.74) is 1.19. The average Bonchev–Trinajstić information content (AvgIpc) is 3.43. The molecule has 0 bridgehead atoms. The van der Waals surface area contributed by atoms with E-state index in [4.69, 9.17) is 9.47 Å². The summed E-state index contributed by atoms with van der Waals surface area (Å²) in [5, 5.41) is 12.7. The van der Waals surface area contributed by atoms with Crippen LogP contribution in [0.5, 0.6) is 5.75 Å². The predicted molar refractivity (Wildman–Crippen MR) is 174 cm³/mol. The molecule has 0 aromatic heterocycles. The molecule has 4 atom stereocenters. The molecule has 2 aliphatic heterocycles. The van der Waals surface area contributed by atoms with E-state index in [1.165, 1.54) is 0 Å². The summed E-state index contributed by atoms with van der Waals surface area (Å²) in [6.45, 7) is 5.78. The SMILES string of the molecule is COc1ccc(C(=O)Nc2ccc3c(c2)[C@]2(O[C@@H](CC(=O)N(CCO)Cc4ccccc4)[C@H]([Si](C)(C)O)[C@H]2C)C(=O)N3C)cc1. The van der Waals surface area contributed by atoms with Gasteiger partial charge < -0.3 is 34.5 Å². The van der Waals surface area contributed by atoms with Crippen LogP contribution in [0.25, 0.3) is 0 Å². The minimum Gasteiger partial charge on any atom is -0.497 e. The van der Waals surface area contributed by atoms with E-state index < -0.39 is 31.5 Å². The molecule has 10 nitrogen and oxygen atoms in total. The number of methoxy groups -OCH3 is 1. The molecule has 45 heavy (non-hydrogen) atoms. The second kappa shape index (κ2) is 12.8. The van der Waals surface area contributed by atoms with Gasteiger partial charge in [-0.15, -0.1) is 0 Å². The van der Waals surface area contributed by atoms with Crippen LogP contribution in [0, 0.1) is 5.92 Å². The molecule has 0 aliphatic carbocycles. The number of benzene rings is 3. The number of fused-ring (bicyclic) bond motifs is 2. The summed E-state index contributed by atoms with van der Waals surface area (Å²) in [5.74, 6) is -0.663. The number of aliphatic hydroxyl groups is 1. The summed E-state index contributed by atoms with van der Waals surface area (Å²) in [4.78, 5) is 55.6. The first kappa shape index (κ1) is 32.4. The van der Waals surface area contributed by atoms with E-state index in [1.807, 2.05) is 37.3 Å². The standard InChI is InChI=1S/C34H41N3O7Si/c1-22-31(45(4,5)42)29(20-30(39)37(17-18-38)21-23-9-7-6-8-10-23)44-34(22)27-19-25(13-16-28(27)36(2)33(34)41)35-32(40)24-11-14-26(43-3)15-12-24/h6-16,19,22,29,31,38,42H,17-18,20-21H2,1-5H3,(H,35,40)/t22-,29+,31-,34+/m1/s1. The van der Waals surface area contributed by atoms with Gasteiger partial charge in [0.05, 0.1) is 31.9 Å². The Bertz CT molecular complexity index is 1560. The molecule has 5 rings (SSSR count). The van der Waals surface area contributed by atoms with Crippen molar-refractivity contribution >= 4 is 37.4 Å². The molecule has 2 heterocycles. The van der Waals surface area contributed by atoms with E-state index in [-0.39, 0.29) is 37.3 Å². The van der Waals surface area contributed by atoms with E-state index in [1.54, 1.807) is 79.5 Å². The molecule has 2 aliphatic rings. The van der Waals surface area contributed by atoms with E-state index >= 15 is 0 Å². The highest BCUT2D eigenvalue weighted by Gasteiger charge is 2.66. The van der Waals surface area contributed by atoms with Gasteiger partial charge >= 0.3 is 0 Å². The van der Waals surface area contributed by atoms with E-state index in [2.05, 4.69) is 5.32 Å². The fourth-order valence-corrected chi connectivity index (χ4v) is 9.48. The highest BCUT2D eigenvalue weighted by molar-refractivity contribution is 6.71. The van der Waals surface area contributed by atoms with Crippen LogP contribution in [0.4, 0.5) is 11.4 Å². The Morgan fingerprint density at radius 3 is 2.40 bits per heavy atom. The molecule has 0 radical (unpaired) electrons. The molecule has 3 aromatic rings. The van der Waals surface area contributed by atoms with Crippen LogP contribution < -0.4 is 15.0 Å². The quantitative estimate of drug-likeness (QED) is 0.287. The van der Waals surface area contributed by atoms with Crippen molar-refractivity contribution in [1.29, 1.82) is 0 Å². The van der Waals surface area contributed by atoms with E-state index in [9.17, 15) is 24.3 Å². The molecule has 1 fully saturated rings. The minimum absolute atomic E-state index is 0.0548. The van der Waals surface area contributed by atoms with Crippen molar-refractivity contribution in [2.75, 3.05) is 37.5 Å². The number of hydrogen-bond donors (Lipinski definition) is 3. The number of amides is 3. The number of aliphatic hydroxyl groups excluding tert-OH is 1. The van der Waals surface area contributed by atoms with Crippen molar-refractivity contribution in [3.05, 3.63) is 89.5 Å². The number of ether oxygens (including phenoxy) is 2. The van der Waals surface area contributed by atoms with Crippen LogP contribution in [0.2, 0.25) is 18.6 Å². The van der Waals surface area contributed by atoms with Crippen LogP contribution in [0.15, 0.2) is 72.8 Å². The Labute approximate surface area is 264 Å². The third-order valence-corrected chi connectivity index (χ3v) is 11.5. The third kappa shape index (κ3) is 6.13. The van der Waals surface area contributed by atoms with Crippen LogP contribution in [0.3, 0.4) is 0 Å². The Morgan fingerprint density at radius 2 is 1.78 bits per heavy atom. The lowest BCUT2D eigenvalue weighted by atomic mass is 9.82. The molecule has 0 unspecified atom stereocenters. The maximum atomic E-state index is 14.1. The zero-order valence-corrected chi connectivity index (χ0v) is 27.3. The summed E-state index contributed by atoms with van der Waals surface area (Å²) in [6, 6.07) is 21.5. The minimum atomic E-state index is -3.00. The Balaban J connectivity index is 1.46. The van der Waals surface area contributed by atoms with Gasteiger partial charge in [-0.2, -0.15) is 0 Å². The second-order valence-corrected chi connectivity index (χ2v) is 16.3. The maximum absolute atomic E-state index is 14.1. The van der Waals surface area contributed by atoms with Crippen LogP contribution in [0.1, 0.15) is 34.8 Å². The van der Waals surface area contributed by atoms with Crippen molar-refractivity contribution in [2.24, 2.45) is 5.92 Å². The van der Waals surface area contributed by atoms with Crippen LogP contribution in [-0.4, -0.2) is 74.3 Å². The Kier molecular flexibility index (Phi) is 9.18. The lowest BCUT2D eigenvalue weighted by Gasteiger charge is -2.32. The number of nitrogens with one attached hydrogen (secondary N) is 1. The van der Waals surface area contributed by atoms with Gasteiger partial charge in [0.15, 0.2) is 13.9 Å². The smallest absolute Gasteiger partial charge is 0.264 e. The largest absolute Gasteiger partial charge is 0.497 e. The van der Waals surface area contributed by atoms with Gasteiger partial charge in [-0.05, 0) is 61.1 Å². The number of likely N-dealkylation sites (N-methyl/N-ethyl adjacent to an activating group) is 1. The van der Waals surface area contributed by atoms with Crippen LogP contribution in [-0.2, 0) is 26.5 Å². The Hall–Kier alpha value is -4.03. The molecule has 3 N–H and O–H groups in total. The van der Waals surface area contributed by atoms with Gasteiger partial charge in [0.1, 0.15) is 5.75 Å². The summed E-state index contributed by atoms with van der Waals surface area (Å²) >= 11 is 0. The summed E-state index contributed by atoms with van der Waals surface area (Å²) in [6.07, 6.45) is -0.794. The number of carbonyl (C=O) groups is 3. The first-order chi connectivity index (χ1) is 21.4. The van der Waals surface area contributed by atoms with Gasteiger partial charge in [0.2, 0.25) is 5.91 Å². The lowest BCUT2D eigenvalue weighted by Crippen LogP contribution is -2.45. The second-order valence-electron chi connectivity index (χ2n) is 12.4.